The third-order valence-electron chi connectivity index (χ3n) is 7.72. The van der Waals surface area contributed by atoms with Crippen molar-refractivity contribution in [2.75, 3.05) is 27.3 Å². The van der Waals surface area contributed by atoms with E-state index in [0.717, 1.165) is 42.6 Å². The molecule has 1 amide bonds. The molecule has 1 aliphatic rings. The number of aromatic hydroxyl groups is 1. The summed E-state index contributed by atoms with van der Waals surface area (Å²) in [4.78, 5) is 36.4. The van der Waals surface area contributed by atoms with Gasteiger partial charge in [0.25, 0.3) is 11.5 Å². The Balaban J connectivity index is 1.66. The maximum absolute atomic E-state index is 13.7. The Morgan fingerprint density at radius 1 is 1.05 bits per heavy atom. The molecule has 3 aromatic rings. The molecule has 40 heavy (non-hydrogen) atoms. The van der Waals surface area contributed by atoms with Crippen molar-refractivity contribution in [1.82, 2.24) is 9.88 Å². The number of methoxy groups -OCH3 is 2. The minimum atomic E-state index is -0.592. The predicted octanol–water partition coefficient (Wildman–Crippen LogP) is 6.06. The van der Waals surface area contributed by atoms with Gasteiger partial charge in [0.05, 0.1) is 31.0 Å². The number of amides is 1. The Morgan fingerprint density at radius 2 is 1.70 bits per heavy atom. The van der Waals surface area contributed by atoms with Crippen molar-refractivity contribution < 1.29 is 19.4 Å². The van der Waals surface area contributed by atoms with E-state index in [1.54, 1.807) is 23.1 Å². The molecule has 2 N–H and O–H groups in total. The van der Waals surface area contributed by atoms with Crippen LogP contribution >= 0.6 is 0 Å². The number of carbonyl (C=O) groups excluding carboxylic acids is 1. The van der Waals surface area contributed by atoms with Gasteiger partial charge in [0.2, 0.25) is 0 Å². The molecule has 8 heteroatoms. The number of carbonyl (C=O) groups is 1. The first kappa shape index (κ1) is 28.9. The second-order valence-corrected chi connectivity index (χ2v) is 10.3. The molecule has 1 aromatic heterocycles. The normalized spacial score (nSPS) is 14.3. The van der Waals surface area contributed by atoms with Crippen molar-refractivity contribution in [2.45, 2.75) is 52.9 Å². The van der Waals surface area contributed by atoms with Crippen LogP contribution in [0.25, 0.3) is 11.1 Å². The van der Waals surface area contributed by atoms with Crippen LogP contribution in [0.4, 0.5) is 5.69 Å². The highest BCUT2D eigenvalue weighted by atomic mass is 16.5. The minimum absolute atomic E-state index is 0.236. The Labute approximate surface area is 235 Å². The summed E-state index contributed by atoms with van der Waals surface area (Å²) in [5.74, 6) is 0.356. The number of nitrogens with one attached hydrogen (secondary N) is 1. The number of hydrogen-bond donors (Lipinski definition) is 2. The zero-order valence-corrected chi connectivity index (χ0v) is 24.0. The zero-order chi connectivity index (χ0) is 28.8. The number of nitrogens with zero attached hydrogens (tertiary/aromatic N) is 2. The number of aliphatic imine (C=N–C) groups is 1. The van der Waals surface area contributed by atoms with Crippen molar-refractivity contribution >= 4 is 17.3 Å². The Hall–Kier alpha value is -4.07. The van der Waals surface area contributed by atoms with Crippen LogP contribution in [0.2, 0.25) is 0 Å². The highest BCUT2D eigenvalue weighted by Gasteiger charge is 2.32. The summed E-state index contributed by atoms with van der Waals surface area (Å²) in [6.45, 7) is 7.06. The molecule has 2 aromatic carbocycles. The molecule has 4 rings (SSSR count). The second kappa shape index (κ2) is 12.9. The molecule has 0 unspecified atom stereocenters. The van der Waals surface area contributed by atoms with Crippen LogP contribution in [-0.2, 0) is 6.42 Å². The van der Waals surface area contributed by atoms with Crippen LogP contribution in [0.15, 0.2) is 52.3 Å². The van der Waals surface area contributed by atoms with Crippen LogP contribution in [-0.4, -0.2) is 53.9 Å². The number of likely N-dealkylation sites (tertiary alicyclic amines) is 1. The van der Waals surface area contributed by atoms with E-state index < -0.39 is 11.5 Å². The first-order chi connectivity index (χ1) is 19.3. The van der Waals surface area contributed by atoms with Crippen LogP contribution in [0, 0.1) is 12.8 Å². The Morgan fingerprint density at radius 3 is 2.30 bits per heavy atom. The van der Waals surface area contributed by atoms with Crippen LogP contribution in [0.3, 0.4) is 0 Å². The van der Waals surface area contributed by atoms with Crippen molar-refractivity contribution in [3.8, 4) is 28.4 Å². The molecule has 1 aliphatic heterocycles. The third kappa shape index (κ3) is 5.91. The van der Waals surface area contributed by atoms with E-state index >= 15 is 0 Å². The van der Waals surface area contributed by atoms with Gasteiger partial charge in [-0.15, -0.1) is 0 Å². The van der Waals surface area contributed by atoms with Gasteiger partial charge in [0.1, 0.15) is 22.8 Å². The van der Waals surface area contributed by atoms with Crippen molar-refractivity contribution in [2.24, 2.45) is 10.9 Å². The molecule has 0 radical (unpaired) electrons. The summed E-state index contributed by atoms with van der Waals surface area (Å²) >= 11 is 0. The molecular weight excluding hydrogens is 506 g/mol. The lowest BCUT2D eigenvalue weighted by atomic mass is 9.91. The fourth-order valence-electron chi connectivity index (χ4n) is 5.37. The third-order valence-corrected chi connectivity index (χ3v) is 7.72. The fraction of sp³-hybridized carbons (Fsp3) is 0.406. The van der Waals surface area contributed by atoms with Crippen LogP contribution in [0.1, 0.15) is 61.1 Å². The van der Waals surface area contributed by atoms with Gasteiger partial charge in [-0.1, -0.05) is 37.6 Å². The lowest BCUT2D eigenvalue weighted by Crippen LogP contribution is -2.42. The average Bonchev–Trinajstić information content (AvgIpc) is 2.96. The predicted molar refractivity (Wildman–Crippen MR) is 158 cm³/mol. The number of H-pyrrole nitrogens is 1. The number of pyridine rings is 1. The second-order valence-electron chi connectivity index (χ2n) is 10.3. The number of unbranched alkanes of at least 4 members (excludes halogenated alkanes) is 1. The van der Waals surface area contributed by atoms with Gasteiger partial charge in [-0.3, -0.25) is 14.6 Å². The fourth-order valence-corrected chi connectivity index (χ4v) is 5.37. The largest absolute Gasteiger partial charge is 0.506 e. The molecule has 2 heterocycles. The number of aromatic amines is 1. The number of benzene rings is 2. The van der Waals surface area contributed by atoms with Gasteiger partial charge in [-0.25, -0.2) is 0 Å². The molecule has 0 saturated carbocycles. The van der Waals surface area contributed by atoms with E-state index in [0.29, 0.717) is 47.8 Å². The summed E-state index contributed by atoms with van der Waals surface area (Å²) in [5, 5.41) is 11.6. The number of aryl methyl sites for hydroxylation is 2. The van der Waals surface area contributed by atoms with E-state index in [4.69, 9.17) is 14.5 Å². The molecule has 8 nitrogen and oxygen atoms in total. The number of piperidine rings is 1. The van der Waals surface area contributed by atoms with Gasteiger partial charge in [0.15, 0.2) is 0 Å². The van der Waals surface area contributed by atoms with Crippen molar-refractivity contribution in [3.05, 3.63) is 69.6 Å². The van der Waals surface area contributed by atoms with Gasteiger partial charge in [-0.2, -0.15) is 0 Å². The van der Waals surface area contributed by atoms with E-state index in [9.17, 15) is 14.7 Å². The highest BCUT2D eigenvalue weighted by Crippen LogP contribution is 2.45. The minimum Gasteiger partial charge on any atom is -0.506 e. The van der Waals surface area contributed by atoms with E-state index in [1.807, 2.05) is 38.1 Å². The quantitative estimate of drug-likeness (QED) is 0.318. The van der Waals surface area contributed by atoms with Gasteiger partial charge >= 0.3 is 0 Å². The lowest BCUT2D eigenvalue weighted by Gasteiger charge is -2.32. The Kier molecular flexibility index (Phi) is 9.30. The van der Waals surface area contributed by atoms with Gasteiger partial charge in [-0.05, 0) is 63.3 Å². The number of rotatable bonds is 9. The molecule has 212 valence electrons. The number of aromatic nitrogens is 1. The maximum Gasteiger partial charge on any atom is 0.264 e. The molecule has 0 atom stereocenters. The van der Waals surface area contributed by atoms with E-state index in [-0.39, 0.29) is 17.2 Å². The molecule has 1 saturated heterocycles. The summed E-state index contributed by atoms with van der Waals surface area (Å²) in [5.41, 5.74) is 3.67. The highest BCUT2D eigenvalue weighted by molar-refractivity contribution is 6.00. The number of hydrogen-bond acceptors (Lipinski definition) is 6. The molecule has 0 bridgehead atoms. The first-order valence-electron chi connectivity index (χ1n) is 13.9. The lowest BCUT2D eigenvalue weighted by molar-refractivity contribution is 0.0705. The smallest absolute Gasteiger partial charge is 0.264 e. The summed E-state index contributed by atoms with van der Waals surface area (Å²) in [7, 11) is 3.07. The number of para-hydroxylation sites is 1. The van der Waals surface area contributed by atoms with E-state index in [1.165, 1.54) is 14.2 Å². The topological polar surface area (TPSA) is 104 Å². The van der Waals surface area contributed by atoms with E-state index in [2.05, 4.69) is 11.9 Å². The monoisotopic (exact) mass is 545 g/mol. The molecular formula is C32H39N3O5. The average molecular weight is 546 g/mol. The summed E-state index contributed by atoms with van der Waals surface area (Å²) in [6, 6.07) is 13.3. The van der Waals surface area contributed by atoms with Crippen molar-refractivity contribution in [3.63, 3.8) is 0 Å². The van der Waals surface area contributed by atoms with Gasteiger partial charge < -0.3 is 24.5 Å². The summed E-state index contributed by atoms with van der Waals surface area (Å²) in [6.07, 6.45) is 3.67. The van der Waals surface area contributed by atoms with Crippen molar-refractivity contribution in [1.29, 1.82) is 0 Å². The Bertz CT molecular complexity index is 1430. The standard InChI is InChI=1S/C32H39N3O5/c1-6-7-12-24-27(28-25(39-4)14-10-15-26(28)40-5)30(36)29(31(37)34-24)32(38)35-18-16-22(17-19-35)21(3)33-23-13-9-8-11-20(23)2/h8-11,13-15,22H,6-7,12,16-19H2,1-5H3,(H2,34,36,37). The van der Waals surface area contributed by atoms with Gasteiger partial charge in [0, 0.05) is 30.4 Å². The maximum atomic E-state index is 13.7. The first-order valence-corrected chi connectivity index (χ1v) is 13.9. The number of ether oxygens (including phenoxy) is 2. The SMILES string of the molecule is CCCCc1[nH]c(=O)c(C(=O)N2CCC(C(C)=Nc3ccccc3C)CC2)c(O)c1-c1c(OC)cccc1OC. The zero-order valence-electron chi connectivity index (χ0n) is 24.0. The molecule has 0 aliphatic carbocycles. The summed E-state index contributed by atoms with van der Waals surface area (Å²) < 4.78 is 11.2. The molecule has 0 spiro atoms. The molecule has 1 fully saturated rings. The van der Waals surface area contributed by atoms with Crippen LogP contribution < -0.4 is 15.0 Å². The van der Waals surface area contributed by atoms with Crippen LogP contribution in [0.5, 0.6) is 17.2 Å².